The molecule has 0 saturated carbocycles. The van der Waals surface area contributed by atoms with E-state index in [-0.39, 0.29) is 0 Å². The summed E-state index contributed by atoms with van der Waals surface area (Å²) in [5.41, 5.74) is 6.11. The quantitative estimate of drug-likeness (QED) is 0.462. The maximum absolute atomic E-state index is 2.40. The highest BCUT2D eigenvalue weighted by molar-refractivity contribution is 14.1. The SMILES string of the molecule is Cc1ccc(N(c2ccc(C)cc2)c2ccccc2I)cc1. The summed E-state index contributed by atoms with van der Waals surface area (Å²) in [5.74, 6) is 0. The number of anilines is 3. The summed E-state index contributed by atoms with van der Waals surface area (Å²) in [5, 5.41) is 0. The summed E-state index contributed by atoms with van der Waals surface area (Å²) in [4.78, 5) is 2.31. The van der Waals surface area contributed by atoms with E-state index in [2.05, 4.69) is 114 Å². The van der Waals surface area contributed by atoms with E-state index in [9.17, 15) is 0 Å². The van der Waals surface area contributed by atoms with Gasteiger partial charge in [0.2, 0.25) is 0 Å². The van der Waals surface area contributed by atoms with Crippen LogP contribution < -0.4 is 4.90 Å². The van der Waals surface area contributed by atoms with Gasteiger partial charge in [-0.2, -0.15) is 0 Å². The largest absolute Gasteiger partial charge is 0.309 e. The summed E-state index contributed by atoms with van der Waals surface area (Å²) in [6, 6.07) is 25.8. The molecule has 0 spiro atoms. The van der Waals surface area contributed by atoms with E-state index in [0.717, 1.165) is 0 Å². The number of para-hydroxylation sites is 1. The highest BCUT2D eigenvalue weighted by Gasteiger charge is 2.14. The Labute approximate surface area is 145 Å². The zero-order valence-corrected chi connectivity index (χ0v) is 14.9. The van der Waals surface area contributed by atoms with E-state index >= 15 is 0 Å². The maximum atomic E-state index is 2.40. The summed E-state index contributed by atoms with van der Waals surface area (Å²) < 4.78 is 1.24. The van der Waals surface area contributed by atoms with Crippen LogP contribution in [0.25, 0.3) is 0 Å². The molecule has 0 N–H and O–H groups in total. The summed E-state index contributed by atoms with van der Waals surface area (Å²) in [7, 11) is 0. The molecule has 0 unspecified atom stereocenters. The Balaban J connectivity index is 2.16. The van der Waals surface area contributed by atoms with Crippen molar-refractivity contribution in [3.63, 3.8) is 0 Å². The average Bonchev–Trinajstić information content (AvgIpc) is 2.53. The van der Waals surface area contributed by atoms with E-state index < -0.39 is 0 Å². The van der Waals surface area contributed by atoms with Crippen molar-refractivity contribution in [2.45, 2.75) is 13.8 Å². The van der Waals surface area contributed by atoms with Crippen molar-refractivity contribution in [2.75, 3.05) is 4.90 Å². The molecule has 0 atom stereocenters. The van der Waals surface area contributed by atoms with Gasteiger partial charge in [-0.3, -0.25) is 0 Å². The molecular weight excluding hydrogens is 381 g/mol. The second-order valence-electron chi connectivity index (χ2n) is 5.46. The minimum Gasteiger partial charge on any atom is -0.309 e. The van der Waals surface area contributed by atoms with Gasteiger partial charge in [0.05, 0.1) is 5.69 Å². The van der Waals surface area contributed by atoms with Crippen molar-refractivity contribution < 1.29 is 0 Å². The van der Waals surface area contributed by atoms with Gasteiger partial charge in [0.1, 0.15) is 0 Å². The zero-order chi connectivity index (χ0) is 15.5. The van der Waals surface area contributed by atoms with Crippen LogP contribution in [0, 0.1) is 17.4 Å². The lowest BCUT2D eigenvalue weighted by molar-refractivity contribution is 1.26. The highest BCUT2D eigenvalue weighted by Crippen LogP contribution is 2.37. The predicted octanol–water partition coefficient (Wildman–Crippen LogP) is 6.38. The molecule has 2 heteroatoms. The van der Waals surface area contributed by atoms with Crippen molar-refractivity contribution in [1.82, 2.24) is 0 Å². The van der Waals surface area contributed by atoms with Crippen LogP contribution in [0.4, 0.5) is 17.1 Å². The molecule has 0 heterocycles. The first-order valence-electron chi connectivity index (χ1n) is 7.33. The minimum atomic E-state index is 1.18. The molecular formula is C20H18IN. The molecule has 0 aromatic heterocycles. The number of nitrogens with zero attached hydrogens (tertiary/aromatic N) is 1. The number of hydrogen-bond acceptors (Lipinski definition) is 1. The smallest absolute Gasteiger partial charge is 0.0595 e. The summed E-state index contributed by atoms with van der Waals surface area (Å²) in [6.45, 7) is 4.23. The summed E-state index contributed by atoms with van der Waals surface area (Å²) >= 11 is 2.40. The molecule has 0 saturated heterocycles. The third kappa shape index (κ3) is 3.17. The third-order valence-electron chi connectivity index (χ3n) is 3.68. The van der Waals surface area contributed by atoms with Crippen LogP contribution in [0.1, 0.15) is 11.1 Å². The van der Waals surface area contributed by atoms with Gasteiger partial charge >= 0.3 is 0 Å². The van der Waals surface area contributed by atoms with Gasteiger partial charge in [-0.15, -0.1) is 0 Å². The van der Waals surface area contributed by atoms with Gasteiger partial charge in [-0.1, -0.05) is 47.5 Å². The summed E-state index contributed by atoms with van der Waals surface area (Å²) in [6.07, 6.45) is 0. The Morgan fingerprint density at radius 3 is 1.55 bits per heavy atom. The van der Waals surface area contributed by atoms with Crippen molar-refractivity contribution in [2.24, 2.45) is 0 Å². The van der Waals surface area contributed by atoms with Crippen LogP contribution in [0.15, 0.2) is 72.8 Å². The number of hydrogen-bond donors (Lipinski definition) is 0. The fourth-order valence-electron chi connectivity index (χ4n) is 2.45. The second-order valence-corrected chi connectivity index (χ2v) is 6.62. The van der Waals surface area contributed by atoms with E-state index in [0.29, 0.717) is 0 Å². The number of rotatable bonds is 3. The lowest BCUT2D eigenvalue weighted by Crippen LogP contribution is -2.11. The molecule has 0 fully saturated rings. The maximum Gasteiger partial charge on any atom is 0.0595 e. The second kappa shape index (κ2) is 6.53. The Hall–Kier alpha value is -1.81. The number of halogens is 1. The fraction of sp³-hybridized carbons (Fsp3) is 0.100. The van der Waals surface area contributed by atoms with Crippen LogP contribution in [0.3, 0.4) is 0 Å². The van der Waals surface area contributed by atoms with Crippen molar-refractivity contribution in [1.29, 1.82) is 0 Å². The molecule has 1 nitrogen and oxygen atoms in total. The monoisotopic (exact) mass is 399 g/mol. The molecule has 0 aliphatic carbocycles. The predicted molar refractivity (Wildman–Crippen MR) is 103 cm³/mol. The Kier molecular flexibility index (Phi) is 4.48. The van der Waals surface area contributed by atoms with E-state index in [1.165, 1.54) is 31.8 Å². The highest BCUT2D eigenvalue weighted by atomic mass is 127. The van der Waals surface area contributed by atoms with Gasteiger partial charge in [0, 0.05) is 14.9 Å². The van der Waals surface area contributed by atoms with Crippen LogP contribution >= 0.6 is 22.6 Å². The first-order chi connectivity index (χ1) is 10.6. The number of benzene rings is 3. The third-order valence-corrected chi connectivity index (χ3v) is 4.59. The molecule has 3 rings (SSSR count). The van der Waals surface area contributed by atoms with Gasteiger partial charge in [0.15, 0.2) is 0 Å². The van der Waals surface area contributed by atoms with Gasteiger partial charge in [0.25, 0.3) is 0 Å². The van der Waals surface area contributed by atoms with E-state index in [1.807, 2.05) is 0 Å². The standard InChI is InChI=1S/C20H18IN/c1-15-7-11-17(12-8-15)22(18-13-9-16(2)10-14-18)20-6-4-3-5-19(20)21/h3-14H,1-2H3. The lowest BCUT2D eigenvalue weighted by Gasteiger charge is -2.26. The topological polar surface area (TPSA) is 3.24 Å². The molecule has 0 aliphatic heterocycles. The van der Waals surface area contributed by atoms with Crippen molar-refractivity contribution >= 4 is 39.7 Å². The van der Waals surface area contributed by atoms with Crippen LogP contribution in [0.5, 0.6) is 0 Å². The zero-order valence-electron chi connectivity index (χ0n) is 12.8. The van der Waals surface area contributed by atoms with Crippen LogP contribution in [-0.4, -0.2) is 0 Å². The van der Waals surface area contributed by atoms with Gasteiger partial charge < -0.3 is 4.90 Å². The molecule has 22 heavy (non-hydrogen) atoms. The minimum absolute atomic E-state index is 1.18. The fourth-order valence-corrected chi connectivity index (χ4v) is 3.08. The van der Waals surface area contributed by atoms with E-state index in [1.54, 1.807) is 0 Å². The first-order valence-corrected chi connectivity index (χ1v) is 8.41. The molecule has 0 amide bonds. The first kappa shape index (κ1) is 15.1. The molecule has 0 radical (unpaired) electrons. The Bertz CT molecular complexity index is 715. The Morgan fingerprint density at radius 2 is 1.09 bits per heavy atom. The number of aryl methyl sites for hydroxylation is 2. The van der Waals surface area contributed by atoms with Crippen LogP contribution in [0.2, 0.25) is 0 Å². The molecule has 0 bridgehead atoms. The Morgan fingerprint density at radius 1 is 0.636 bits per heavy atom. The average molecular weight is 399 g/mol. The van der Waals surface area contributed by atoms with E-state index in [4.69, 9.17) is 0 Å². The normalized spacial score (nSPS) is 10.5. The van der Waals surface area contributed by atoms with Crippen LogP contribution in [-0.2, 0) is 0 Å². The van der Waals surface area contributed by atoms with Gasteiger partial charge in [-0.25, -0.2) is 0 Å². The molecule has 110 valence electrons. The van der Waals surface area contributed by atoms with Crippen molar-refractivity contribution in [3.05, 3.63) is 87.5 Å². The molecule has 0 aliphatic rings. The molecule has 3 aromatic carbocycles. The van der Waals surface area contributed by atoms with Crippen molar-refractivity contribution in [3.8, 4) is 0 Å². The lowest BCUT2D eigenvalue weighted by atomic mass is 10.1. The van der Waals surface area contributed by atoms with Gasteiger partial charge in [-0.05, 0) is 72.8 Å². The molecule has 3 aromatic rings.